The second kappa shape index (κ2) is 9.56. The average Bonchev–Trinajstić information content (AvgIpc) is 2.64. The molecule has 5 nitrogen and oxygen atoms in total. The lowest BCUT2D eigenvalue weighted by atomic mass is 9.72. The van der Waals surface area contributed by atoms with Gasteiger partial charge in [0.05, 0.1) is 5.56 Å². The van der Waals surface area contributed by atoms with Gasteiger partial charge in [-0.2, -0.15) is 0 Å². The monoisotopic (exact) mass is 347 g/mol. The van der Waals surface area contributed by atoms with Crippen molar-refractivity contribution in [3.8, 4) is 0 Å². The quantitative estimate of drug-likeness (QED) is 0.718. The van der Waals surface area contributed by atoms with Crippen LogP contribution in [0.15, 0.2) is 24.3 Å². The third-order valence-electron chi connectivity index (χ3n) is 5.25. The Balaban J connectivity index is 1.79. The molecule has 2 N–H and O–H groups in total. The summed E-state index contributed by atoms with van der Waals surface area (Å²) in [7, 11) is 1.73. The maximum absolute atomic E-state index is 12.2. The first kappa shape index (κ1) is 19.4. The average molecular weight is 347 g/mol. The van der Waals surface area contributed by atoms with E-state index in [1.165, 1.54) is 19.3 Å². The molecule has 25 heavy (non-hydrogen) atoms. The van der Waals surface area contributed by atoms with Gasteiger partial charge in [-0.15, -0.1) is 0 Å². The number of carbonyl (C=O) groups excluding carboxylic acids is 1. The van der Waals surface area contributed by atoms with Crippen LogP contribution >= 0.6 is 0 Å². The minimum absolute atomic E-state index is 0.0599. The molecule has 1 amide bonds. The van der Waals surface area contributed by atoms with Crippen LogP contribution in [-0.2, 0) is 16.0 Å². The summed E-state index contributed by atoms with van der Waals surface area (Å²) in [5.74, 6) is -0.872. The normalized spacial score (nSPS) is 16.4. The molecule has 0 saturated heterocycles. The van der Waals surface area contributed by atoms with E-state index in [1.807, 2.05) is 0 Å². The van der Waals surface area contributed by atoms with Crippen LogP contribution in [0, 0.1) is 5.41 Å². The number of rotatable bonds is 9. The lowest BCUT2D eigenvalue weighted by Gasteiger charge is -2.37. The molecule has 1 saturated carbocycles. The van der Waals surface area contributed by atoms with Gasteiger partial charge in [0.15, 0.2) is 0 Å². The van der Waals surface area contributed by atoms with Gasteiger partial charge in [0.2, 0.25) is 5.91 Å². The molecule has 1 aromatic rings. The Morgan fingerprint density at radius 3 is 2.44 bits per heavy atom. The number of ether oxygens (including phenoxy) is 1. The molecule has 0 spiro atoms. The minimum Gasteiger partial charge on any atom is -0.478 e. The van der Waals surface area contributed by atoms with Gasteiger partial charge in [0, 0.05) is 26.7 Å². The van der Waals surface area contributed by atoms with Gasteiger partial charge < -0.3 is 15.2 Å². The largest absolute Gasteiger partial charge is 0.478 e. The fourth-order valence-electron chi connectivity index (χ4n) is 3.58. The van der Waals surface area contributed by atoms with E-state index in [9.17, 15) is 9.59 Å². The SMILES string of the molecule is COCCC1(CNC(=O)CCc2ccc(C(=O)O)cc2)CCCCC1. The Hall–Kier alpha value is -1.88. The van der Waals surface area contributed by atoms with E-state index in [1.54, 1.807) is 31.4 Å². The van der Waals surface area contributed by atoms with E-state index in [4.69, 9.17) is 9.84 Å². The summed E-state index contributed by atoms with van der Waals surface area (Å²) in [4.78, 5) is 23.1. The smallest absolute Gasteiger partial charge is 0.335 e. The topological polar surface area (TPSA) is 75.6 Å². The number of carboxylic acid groups (broad SMARTS) is 1. The Morgan fingerprint density at radius 2 is 1.84 bits per heavy atom. The number of methoxy groups -OCH3 is 1. The van der Waals surface area contributed by atoms with Gasteiger partial charge in [-0.25, -0.2) is 4.79 Å². The Morgan fingerprint density at radius 1 is 1.16 bits per heavy atom. The molecule has 0 atom stereocenters. The van der Waals surface area contributed by atoms with E-state index >= 15 is 0 Å². The number of benzene rings is 1. The van der Waals surface area contributed by atoms with Crippen molar-refractivity contribution in [1.82, 2.24) is 5.32 Å². The molecule has 2 rings (SSSR count). The minimum atomic E-state index is -0.932. The van der Waals surface area contributed by atoms with Crippen molar-refractivity contribution in [1.29, 1.82) is 0 Å². The number of aromatic carboxylic acids is 1. The molecule has 0 unspecified atom stereocenters. The van der Waals surface area contributed by atoms with Gasteiger partial charge in [0.1, 0.15) is 0 Å². The molecule has 0 radical (unpaired) electrons. The van der Waals surface area contributed by atoms with Crippen molar-refractivity contribution < 1.29 is 19.4 Å². The fourth-order valence-corrected chi connectivity index (χ4v) is 3.58. The Kier molecular flexibility index (Phi) is 7.44. The summed E-state index contributed by atoms with van der Waals surface area (Å²) in [6, 6.07) is 6.71. The summed E-state index contributed by atoms with van der Waals surface area (Å²) in [6.45, 7) is 1.47. The van der Waals surface area contributed by atoms with Gasteiger partial charge >= 0.3 is 5.97 Å². The van der Waals surface area contributed by atoms with Gasteiger partial charge in [-0.05, 0) is 48.8 Å². The fraction of sp³-hybridized carbons (Fsp3) is 0.600. The van der Waals surface area contributed by atoms with Crippen LogP contribution in [0.3, 0.4) is 0 Å². The van der Waals surface area contributed by atoms with Gasteiger partial charge in [-0.1, -0.05) is 31.4 Å². The van der Waals surface area contributed by atoms with E-state index in [0.717, 1.165) is 38.0 Å². The number of carboxylic acids is 1. The van der Waals surface area contributed by atoms with Gasteiger partial charge in [0.25, 0.3) is 0 Å². The molecule has 5 heteroatoms. The maximum atomic E-state index is 12.2. The summed E-state index contributed by atoms with van der Waals surface area (Å²) in [6.07, 6.45) is 8.12. The zero-order valence-electron chi connectivity index (χ0n) is 15.1. The Bertz CT molecular complexity index is 562. The van der Waals surface area contributed by atoms with Crippen molar-refractivity contribution in [2.75, 3.05) is 20.3 Å². The number of nitrogens with one attached hydrogen (secondary N) is 1. The van der Waals surface area contributed by atoms with Crippen molar-refractivity contribution in [2.24, 2.45) is 5.41 Å². The van der Waals surface area contributed by atoms with E-state index < -0.39 is 5.97 Å². The molecule has 1 aliphatic rings. The lowest BCUT2D eigenvalue weighted by Crippen LogP contribution is -2.39. The first-order valence-corrected chi connectivity index (χ1v) is 9.13. The van der Waals surface area contributed by atoms with Crippen LogP contribution in [-0.4, -0.2) is 37.2 Å². The third-order valence-corrected chi connectivity index (χ3v) is 5.25. The van der Waals surface area contributed by atoms with Crippen molar-refractivity contribution in [3.63, 3.8) is 0 Å². The maximum Gasteiger partial charge on any atom is 0.335 e. The summed E-state index contributed by atoms with van der Waals surface area (Å²) in [5.41, 5.74) is 1.44. The third kappa shape index (κ3) is 6.16. The van der Waals surface area contributed by atoms with Crippen LogP contribution in [0.4, 0.5) is 0 Å². The second-order valence-electron chi connectivity index (χ2n) is 7.08. The first-order chi connectivity index (χ1) is 12.0. The Labute approximate surface area is 149 Å². The molecule has 1 fully saturated rings. The van der Waals surface area contributed by atoms with Crippen LogP contribution in [0.2, 0.25) is 0 Å². The van der Waals surface area contributed by atoms with Crippen molar-refractivity contribution >= 4 is 11.9 Å². The van der Waals surface area contributed by atoms with Crippen LogP contribution < -0.4 is 5.32 Å². The highest BCUT2D eigenvalue weighted by Crippen LogP contribution is 2.38. The molecule has 0 aromatic heterocycles. The van der Waals surface area contributed by atoms with Crippen LogP contribution in [0.1, 0.15) is 60.9 Å². The highest BCUT2D eigenvalue weighted by Gasteiger charge is 2.31. The number of carbonyl (C=O) groups is 2. The molecule has 138 valence electrons. The number of amides is 1. The predicted octanol–water partition coefficient (Wildman–Crippen LogP) is 3.42. The molecule has 0 aliphatic heterocycles. The van der Waals surface area contributed by atoms with Crippen LogP contribution in [0.25, 0.3) is 0 Å². The molecular weight excluding hydrogens is 318 g/mol. The van der Waals surface area contributed by atoms with E-state index in [0.29, 0.717) is 12.8 Å². The molecule has 0 heterocycles. The molecule has 1 aliphatic carbocycles. The zero-order chi connectivity index (χ0) is 18.1. The van der Waals surface area contributed by atoms with E-state index in [2.05, 4.69) is 5.32 Å². The van der Waals surface area contributed by atoms with Crippen molar-refractivity contribution in [3.05, 3.63) is 35.4 Å². The highest BCUT2D eigenvalue weighted by molar-refractivity contribution is 5.87. The number of hydrogen-bond donors (Lipinski definition) is 2. The molecule has 1 aromatic carbocycles. The van der Waals surface area contributed by atoms with Crippen molar-refractivity contribution in [2.45, 2.75) is 51.4 Å². The zero-order valence-corrected chi connectivity index (χ0v) is 15.1. The summed E-state index contributed by atoms with van der Waals surface area (Å²) >= 11 is 0. The lowest BCUT2D eigenvalue weighted by molar-refractivity contribution is -0.121. The number of aryl methyl sites for hydroxylation is 1. The number of hydrogen-bond acceptors (Lipinski definition) is 3. The predicted molar refractivity (Wildman–Crippen MR) is 96.7 cm³/mol. The first-order valence-electron chi connectivity index (χ1n) is 9.13. The summed E-state index contributed by atoms with van der Waals surface area (Å²) < 4.78 is 5.25. The standard InChI is InChI=1S/C20H29NO4/c1-25-14-13-20(11-3-2-4-12-20)15-21-18(22)10-7-16-5-8-17(9-6-16)19(23)24/h5-6,8-9H,2-4,7,10-15H2,1H3,(H,21,22)(H,23,24). The summed E-state index contributed by atoms with van der Waals surface area (Å²) in [5, 5.41) is 12.0. The highest BCUT2D eigenvalue weighted by atomic mass is 16.5. The van der Waals surface area contributed by atoms with Crippen LogP contribution in [0.5, 0.6) is 0 Å². The van der Waals surface area contributed by atoms with E-state index in [-0.39, 0.29) is 16.9 Å². The molecule has 0 bridgehead atoms. The second-order valence-corrected chi connectivity index (χ2v) is 7.08. The van der Waals surface area contributed by atoms with Gasteiger partial charge in [-0.3, -0.25) is 4.79 Å². The molecular formula is C20H29NO4.